The molecule has 0 aliphatic heterocycles. The van der Waals surface area contributed by atoms with Crippen LogP contribution in [0.5, 0.6) is 0 Å². The smallest absolute Gasteiger partial charge is 0.261 e. The molecule has 146 valence electrons. The van der Waals surface area contributed by atoms with E-state index in [0.717, 1.165) is 13.0 Å². The molecule has 0 unspecified atom stereocenters. The van der Waals surface area contributed by atoms with Crippen molar-refractivity contribution >= 4 is 29.0 Å². The van der Waals surface area contributed by atoms with Gasteiger partial charge in [0.2, 0.25) is 0 Å². The molecule has 0 atom stereocenters. The van der Waals surface area contributed by atoms with Gasteiger partial charge >= 0.3 is 0 Å². The zero-order valence-corrected chi connectivity index (χ0v) is 16.9. The summed E-state index contributed by atoms with van der Waals surface area (Å²) < 4.78 is 1.73. The van der Waals surface area contributed by atoms with Crippen LogP contribution in [0.25, 0.3) is 10.9 Å². The largest absolute Gasteiger partial charge is 0.352 e. The molecule has 0 spiro atoms. The monoisotopic (exact) mass is 388 g/mol. The molecule has 2 N–H and O–H groups in total. The van der Waals surface area contributed by atoms with E-state index in [1.54, 1.807) is 25.2 Å². The van der Waals surface area contributed by atoms with Crippen molar-refractivity contribution in [2.45, 2.75) is 44.6 Å². The van der Waals surface area contributed by atoms with E-state index in [2.05, 4.69) is 22.2 Å². The summed E-state index contributed by atoms with van der Waals surface area (Å²) in [7, 11) is 3.81. The molecule has 0 saturated heterocycles. The summed E-state index contributed by atoms with van der Waals surface area (Å²) in [6.07, 6.45) is 7.54. The molecule has 1 aromatic heterocycles. The summed E-state index contributed by atoms with van der Waals surface area (Å²) >= 11 is 5.14. The molecule has 1 heterocycles. The van der Waals surface area contributed by atoms with E-state index in [0.29, 0.717) is 33.8 Å². The molecule has 0 bridgehead atoms. The van der Waals surface area contributed by atoms with Crippen LogP contribution < -0.4 is 10.9 Å². The maximum atomic E-state index is 12.4. The van der Waals surface area contributed by atoms with Crippen LogP contribution in [0.2, 0.25) is 0 Å². The number of fused-ring (bicyclic) bond motifs is 1. The Balaban J connectivity index is 1.56. The summed E-state index contributed by atoms with van der Waals surface area (Å²) in [6, 6.07) is 5.75. The maximum Gasteiger partial charge on any atom is 0.261 e. The highest BCUT2D eigenvalue weighted by molar-refractivity contribution is 7.71. The number of aromatic nitrogens is 2. The Morgan fingerprint density at radius 1 is 1.33 bits per heavy atom. The zero-order valence-electron chi connectivity index (χ0n) is 16.1. The van der Waals surface area contributed by atoms with E-state index in [-0.39, 0.29) is 11.5 Å². The van der Waals surface area contributed by atoms with Crippen molar-refractivity contribution in [1.82, 2.24) is 19.8 Å². The molecule has 1 aliphatic carbocycles. The van der Waals surface area contributed by atoms with Gasteiger partial charge in [0.15, 0.2) is 4.77 Å². The Morgan fingerprint density at radius 3 is 2.81 bits per heavy atom. The van der Waals surface area contributed by atoms with Crippen molar-refractivity contribution in [2.24, 2.45) is 7.05 Å². The molecule has 1 saturated carbocycles. The number of hydrogen-bond acceptors (Lipinski definition) is 4. The minimum Gasteiger partial charge on any atom is -0.352 e. The van der Waals surface area contributed by atoms with Crippen LogP contribution in [0.1, 0.15) is 48.9 Å². The number of nitrogens with zero attached hydrogens (tertiary/aromatic N) is 2. The van der Waals surface area contributed by atoms with E-state index in [1.807, 2.05) is 0 Å². The molecule has 0 radical (unpaired) electrons. The summed E-state index contributed by atoms with van der Waals surface area (Å²) in [5.74, 6) is -0.128. The van der Waals surface area contributed by atoms with E-state index in [4.69, 9.17) is 12.2 Å². The fraction of sp³-hybridized carbons (Fsp3) is 0.550. The topological polar surface area (TPSA) is 70.1 Å². The van der Waals surface area contributed by atoms with Gasteiger partial charge in [-0.05, 0) is 63.3 Å². The first-order valence-electron chi connectivity index (χ1n) is 9.69. The SMILES string of the molecule is CN(CCCNC(=O)c1ccc2c(=O)n(C)c(=S)[nH]c2c1)C1CCCCC1. The Labute approximate surface area is 164 Å². The molecular weight excluding hydrogens is 360 g/mol. The third kappa shape index (κ3) is 4.65. The second-order valence-electron chi connectivity index (χ2n) is 7.44. The molecule has 2 aromatic rings. The Kier molecular flexibility index (Phi) is 6.44. The maximum absolute atomic E-state index is 12.4. The fourth-order valence-corrected chi connectivity index (χ4v) is 3.98. The number of H-pyrrole nitrogens is 1. The third-order valence-corrected chi connectivity index (χ3v) is 5.91. The van der Waals surface area contributed by atoms with Crippen LogP contribution in [-0.4, -0.2) is 46.5 Å². The molecule has 1 aliphatic rings. The van der Waals surface area contributed by atoms with Crippen molar-refractivity contribution in [2.75, 3.05) is 20.1 Å². The van der Waals surface area contributed by atoms with Crippen LogP contribution in [0, 0.1) is 4.77 Å². The van der Waals surface area contributed by atoms with Gasteiger partial charge in [0, 0.05) is 25.2 Å². The zero-order chi connectivity index (χ0) is 19.4. The van der Waals surface area contributed by atoms with Gasteiger partial charge in [0.25, 0.3) is 11.5 Å². The molecule has 7 heteroatoms. The first kappa shape index (κ1) is 19.8. The van der Waals surface area contributed by atoms with Crippen LogP contribution in [0.4, 0.5) is 0 Å². The minimum absolute atomic E-state index is 0.128. The number of carbonyl (C=O) groups is 1. The van der Waals surface area contributed by atoms with Gasteiger partial charge in [0.05, 0.1) is 10.9 Å². The highest BCUT2D eigenvalue weighted by atomic mass is 32.1. The highest BCUT2D eigenvalue weighted by Gasteiger charge is 2.17. The molecule has 1 aromatic carbocycles. The van der Waals surface area contributed by atoms with Gasteiger partial charge < -0.3 is 15.2 Å². The van der Waals surface area contributed by atoms with Gasteiger partial charge in [-0.15, -0.1) is 0 Å². The Hall–Kier alpha value is -1.99. The highest BCUT2D eigenvalue weighted by Crippen LogP contribution is 2.21. The van der Waals surface area contributed by atoms with Gasteiger partial charge in [0.1, 0.15) is 0 Å². The average molecular weight is 389 g/mol. The fourth-order valence-electron chi connectivity index (χ4n) is 3.78. The van der Waals surface area contributed by atoms with Crippen LogP contribution in [0.15, 0.2) is 23.0 Å². The van der Waals surface area contributed by atoms with Gasteiger partial charge in [-0.25, -0.2) is 0 Å². The number of amides is 1. The van der Waals surface area contributed by atoms with E-state index < -0.39 is 0 Å². The Bertz CT molecular complexity index is 928. The van der Waals surface area contributed by atoms with E-state index >= 15 is 0 Å². The van der Waals surface area contributed by atoms with Crippen molar-refractivity contribution in [3.8, 4) is 0 Å². The van der Waals surface area contributed by atoms with Crippen molar-refractivity contribution < 1.29 is 4.79 Å². The summed E-state index contributed by atoms with van der Waals surface area (Å²) in [5.41, 5.74) is 0.960. The lowest BCUT2D eigenvalue weighted by atomic mass is 9.94. The number of aromatic amines is 1. The number of hydrogen-bond donors (Lipinski definition) is 2. The van der Waals surface area contributed by atoms with Crippen molar-refractivity contribution in [1.29, 1.82) is 0 Å². The molecular formula is C20H28N4O2S. The lowest BCUT2D eigenvalue weighted by Crippen LogP contribution is -2.35. The second-order valence-corrected chi connectivity index (χ2v) is 7.82. The summed E-state index contributed by atoms with van der Waals surface area (Å²) in [4.78, 5) is 30.1. The predicted octanol–water partition coefficient (Wildman–Crippen LogP) is 2.98. The summed E-state index contributed by atoms with van der Waals surface area (Å²) in [6.45, 7) is 1.63. The van der Waals surface area contributed by atoms with Crippen molar-refractivity contribution in [3.63, 3.8) is 0 Å². The number of nitrogens with one attached hydrogen (secondary N) is 2. The van der Waals surface area contributed by atoms with E-state index in [1.165, 1.54) is 36.7 Å². The summed E-state index contributed by atoms with van der Waals surface area (Å²) in [5, 5.41) is 3.50. The van der Waals surface area contributed by atoms with Crippen LogP contribution >= 0.6 is 12.2 Å². The quantitative estimate of drug-likeness (QED) is 0.590. The minimum atomic E-state index is -0.161. The normalized spacial score (nSPS) is 15.4. The molecule has 3 rings (SSSR count). The lowest BCUT2D eigenvalue weighted by Gasteiger charge is -2.31. The Morgan fingerprint density at radius 2 is 2.07 bits per heavy atom. The number of carbonyl (C=O) groups excluding carboxylic acids is 1. The van der Waals surface area contributed by atoms with Gasteiger partial charge in [-0.3, -0.25) is 14.2 Å². The molecule has 27 heavy (non-hydrogen) atoms. The standard InChI is InChI=1S/C20H28N4O2S/c1-23(15-7-4-3-5-8-15)12-6-11-21-18(25)14-9-10-16-17(13-14)22-20(27)24(2)19(16)26/h9-10,13,15H,3-8,11-12H2,1-2H3,(H,21,25)(H,22,27). The lowest BCUT2D eigenvalue weighted by molar-refractivity contribution is 0.0950. The third-order valence-electron chi connectivity index (χ3n) is 5.53. The van der Waals surface area contributed by atoms with Crippen LogP contribution in [-0.2, 0) is 7.05 Å². The van der Waals surface area contributed by atoms with Gasteiger partial charge in [-0.2, -0.15) is 0 Å². The average Bonchev–Trinajstić information content (AvgIpc) is 2.69. The van der Waals surface area contributed by atoms with Crippen LogP contribution in [0.3, 0.4) is 0 Å². The van der Waals surface area contributed by atoms with E-state index in [9.17, 15) is 9.59 Å². The molecule has 6 nitrogen and oxygen atoms in total. The van der Waals surface area contributed by atoms with Crippen molar-refractivity contribution in [3.05, 3.63) is 38.9 Å². The van der Waals surface area contributed by atoms with Gasteiger partial charge in [-0.1, -0.05) is 19.3 Å². The second kappa shape index (κ2) is 8.80. The number of benzene rings is 1. The molecule has 1 fully saturated rings. The first-order valence-corrected chi connectivity index (χ1v) is 10.1. The molecule has 1 amide bonds. The first-order chi connectivity index (χ1) is 13.0. The number of rotatable bonds is 6. The predicted molar refractivity (Wildman–Crippen MR) is 111 cm³/mol.